The molecule has 3 heterocycles. The summed E-state index contributed by atoms with van der Waals surface area (Å²) in [5.74, 6) is -0.326. The normalized spacial score (nSPS) is 11.5. The zero-order chi connectivity index (χ0) is 18.1. The molecule has 6 heteroatoms. The Balaban J connectivity index is 1.74. The quantitative estimate of drug-likeness (QED) is 0.570. The van der Waals surface area contributed by atoms with Gasteiger partial charge in [0.2, 0.25) is 0 Å². The van der Waals surface area contributed by atoms with Gasteiger partial charge >= 0.3 is 0 Å². The third kappa shape index (κ3) is 3.04. The van der Waals surface area contributed by atoms with Gasteiger partial charge in [-0.3, -0.25) is 14.5 Å². The fraction of sp³-hybridized carbons (Fsp3) is 0.0500. The number of hydrogen-bond donors (Lipinski definition) is 0. The van der Waals surface area contributed by atoms with Crippen molar-refractivity contribution in [2.24, 2.45) is 0 Å². The molecular weight excluding hydrogens is 331 g/mol. The molecule has 0 fully saturated rings. The molecule has 128 valence electrons. The van der Waals surface area contributed by atoms with E-state index in [0.717, 1.165) is 11.4 Å². The summed E-state index contributed by atoms with van der Waals surface area (Å²) >= 11 is 0. The number of aryl methyl sites for hydroxylation is 1. The second kappa shape index (κ2) is 6.40. The molecule has 0 atom stereocenters. The third-order valence-corrected chi connectivity index (χ3v) is 3.95. The van der Waals surface area contributed by atoms with Crippen LogP contribution in [0.1, 0.15) is 17.1 Å². The maximum absolute atomic E-state index is 13.1. The summed E-state index contributed by atoms with van der Waals surface area (Å²) in [5.41, 5.74) is 3.25. The summed E-state index contributed by atoms with van der Waals surface area (Å²) in [6.45, 7) is 1.92. The van der Waals surface area contributed by atoms with Crippen molar-refractivity contribution < 1.29 is 4.39 Å². The Morgan fingerprint density at radius 3 is 2.50 bits per heavy atom. The largest absolute Gasteiger partial charge is 0.273 e. The molecule has 0 amide bonds. The van der Waals surface area contributed by atoms with Crippen LogP contribution in [0.5, 0.6) is 0 Å². The minimum absolute atomic E-state index is 0.221. The topological polar surface area (TPSA) is 52.2 Å². The summed E-state index contributed by atoms with van der Waals surface area (Å²) in [5, 5.41) is 0. The smallest absolute Gasteiger partial charge is 0.267 e. The number of rotatable bonds is 3. The molecule has 0 aliphatic carbocycles. The molecule has 4 aromatic rings. The van der Waals surface area contributed by atoms with E-state index in [4.69, 9.17) is 0 Å². The maximum Gasteiger partial charge on any atom is 0.273 e. The third-order valence-electron chi connectivity index (χ3n) is 3.95. The van der Waals surface area contributed by atoms with Gasteiger partial charge in [-0.15, -0.1) is 0 Å². The van der Waals surface area contributed by atoms with Crippen LogP contribution in [-0.2, 0) is 0 Å². The molecule has 3 aromatic heterocycles. The van der Waals surface area contributed by atoms with E-state index in [0.29, 0.717) is 17.0 Å². The van der Waals surface area contributed by atoms with Gasteiger partial charge in [0.25, 0.3) is 5.56 Å². The molecule has 0 radical (unpaired) electrons. The van der Waals surface area contributed by atoms with Crippen LogP contribution in [0.25, 0.3) is 23.5 Å². The summed E-state index contributed by atoms with van der Waals surface area (Å²) in [7, 11) is 0. The van der Waals surface area contributed by atoms with Crippen molar-refractivity contribution in [2.45, 2.75) is 6.92 Å². The van der Waals surface area contributed by atoms with Crippen molar-refractivity contribution >= 4 is 17.8 Å². The fourth-order valence-electron chi connectivity index (χ4n) is 2.75. The average Bonchev–Trinajstić information content (AvgIpc) is 3.05. The summed E-state index contributed by atoms with van der Waals surface area (Å²) < 4.78 is 16.2. The molecule has 0 unspecified atom stereocenters. The van der Waals surface area contributed by atoms with E-state index in [1.165, 1.54) is 22.7 Å². The first kappa shape index (κ1) is 16.0. The van der Waals surface area contributed by atoms with Crippen molar-refractivity contribution in [1.29, 1.82) is 0 Å². The number of pyridine rings is 1. The summed E-state index contributed by atoms with van der Waals surface area (Å²) in [6.07, 6.45) is 5.31. The zero-order valence-electron chi connectivity index (χ0n) is 14.0. The van der Waals surface area contributed by atoms with Crippen LogP contribution in [0, 0.1) is 12.7 Å². The van der Waals surface area contributed by atoms with E-state index in [1.54, 1.807) is 35.2 Å². The van der Waals surface area contributed by atoms with Gasteiger partial charge in [0.15, 0.2) is 5.65 Å². The van der Waals surface area contributed by atoms with Gasteiger partial charge in [-0.2, -0.15) is 4.52 Å². The van der Waals surface area contributed by atoms with Gasteiger partial charge in [0, 0.05) is 24.0 Å². The molecule has 5 nitrogen and oxygen atoms in total. The van der Waals surface area contributed by atoms with E-state index in [-0.39, 0.29) is 11.4 Å². The molecule has 0 saturated carbocycles. The highest BCUT2D eigenvalue weighted by molar-refractivity contribution is 5.67. The number of halogens is 1. The number of benzene rings is 1. The minimum Gasteiger partial charge on any atom is -0.267 e. The van der Waals surface area contributed by atoms with Gasteiger partial charge < -0.3 is 0 Å². The molecule has 1 aromatic carbocycles. The first-order chi connectivity index (χ1) is 12.6. The van der Waals surface area contributed by atoms with E-state index >= 15 is 0 Å². The highest BCUT2D eigenvalue weighted by atomic mass is 19.1. The van der Waals surface area contributed by atoms with Crippen LogP contribution in [0.2, 0.25) is 0 Å². The van der Waals surface area contributed by atoms with Gasteiger partial charge in [-0.1, -0.05) is 6.07 Å². The molecule has 0 aliphatic heterocycles. The molecule has 26 heavy (non-hydrogen) atoms. The Hall–Kier alpha value is -3.54. The Morgan fingerprint density at radius 2 is 1.73 bits per heavy atom. The van der Waals surface area contributed by atoms with Gasteiger partial charge in [-0.05, 0) is 55.5 Å². The number of hydrogen-bond acceptors (Lipinski definition) is 3. The fourth-order valence-corrected chi connectivity index (χ4v) is 2.75. The zero-order valence-corrected chi connectivity index (χ0v) is 14.0. The highest BCUT2D eigenvalue weighted by Crippen LogP contribution is 2.12. The van der Waals surface area contributed by atoms with Crippen molar-refractivity contribution in [3.8, 4) is 5.69 Å². The van der Waals surface area contributed by atoms with Crippen LogP contribution in [0.15, 0.2) is 65.6 Å². The Bertz CT molecular complexity index is 1170. The molecule has 4 rings (SSSR count). The number of fused-ring (bicyclic) bond motifs is 1. The number of aromatic nitrogens is 4. The summed E-state index contributed by atoms with van der Waals surface area (Å²) in [4.78, 5) is 21.4. The molecule has 0 N–H and O–H groups in total. The van der Waals surface area contributed by atoms with Crippen LogP contribution in [0.3, 0.4) is 0 Å². The van der Waals surface area contributed by atoms with Crippen LogP contribution in [0.4, 0.5) is 4.39 Å². The molecular formula is C20H15FN4O. The molecule has 0 aliphatic rings. The Labute approximate surface area is 148 Å². The van der Waals surface area contributed by atoms with Crippen molar-refractivity contribution in [1.82, 2.24) is 19.2 Å². The number of nitrogens with zero attached hydrogens (tertiary/aromatic N) is 4. The lowest BCUT2D eigenvalue weighted by Gasteiger charge is -2.06. The first-order valence-corrected chi connectivity index (χ1v) is 8.09. The second-order valence-corrected chi connectivity index (χ2v) is 5.86. The van der Waals surface area contributed by atoms with Gasteiger partial charge in [0.05, 0.1) is 17.1 Å². The lowest BCUT2D eigenvalue weighted by atomic mass is 10.2. The lowest BCUT2D eigenvalue weighted by molar-refractivity contribution is 0.626. The predicted molar refractivity (Wildman–Crippen MR) is 98.6 cm³/mol. The molecule has 0 saturated heterocycles. The highest BCUT2D eigenvalue weighted by Gasteiger charge is 2.07. The first-order valence-electron chi connectivity index (χ1n) is 8.09. The lowest BCUT2D eigenvalue weighted by Crippen LogP contribution is -2.19. The van der Waals surface area contributed by atoms with Gasteiger partial charge in [0.1, 0.15) is 5.82 Å². The standard InChI is InChI=1S/C20H15FN4O/c1-14-3-2-4-16(22-14)7-8-17-13-20(26)25-19(23-17)11-12-24(25)18-9-5-15(21)6-10-18/h2-13H,1H3/b8-7+. The minimum atomic E-state index is -0.326. The van der Waals surface area contributed by atoms with E-state index in [2.05, 4.69) is 9.97 Å². The predicted octanol–water partition coefficient (Wildman–Crippen LogP) is 3.50. The Kier molecular flexibility index (Phi) is 3.93. The van der Waals surface area contributed by atoms with E-state index in [9.17, 15) is 9.18 Å². The summed E-state index contributed by atoms with van der Waals surface area (Å²) in [6, 6.07) is 14.9. The molecule has 0 bridgehead atoms. The van der Waals surface area contributed by atoms with Crippen LogP contribution < -0.4 is 5.56 Å². The van der Waals surface area contributed by atoms with Crippen LogP contribution >= 0.6 is 0 Å². The SMILES string of the molecule is Cc1cccc(/C=C/c2cc(=O)n3c(ccn3-c3ccc(F)cc3)n2)n1. The van der Waals surface area contributed by atoms with Crippen molar-refractivity contribution in [3.63, 3.8) is 0 Å². The van der Waals surface area contributed by atoms with Crippen molar-refractivity contribution in [2.75, 3.05) is 0 Å². The van der Waals surface area contributed by atoms with Gasteiger partial charge in [-0.25, -0.2) is 9.37 Å². The monoisotopic (exact) mass is 346 g/mol. The Morgan fingerprint density at radius 1 is 0.962 bits per heavy atom. The average molecular weight is 346 g/mol. The van der Waals surface area contributed by atoms with Crippen molar-refractivity contribution in [3.05, 3.63) is 94.0 Å². The molecule has 0 spiro atoms. The van der Waals surface area contributed by atoms with E-state index in [1.807, 2.05) is 31.2 Å². The van der Waals surface area contributed by atoms with E-state index < -0.39 is 0 Å². The second-order valence-electron chi connectivity index (χ2n) is 5.86. The maximum atomic E-state index is 13.1. The van der Waals surface area contributed by atoms with Crippen LogP contribution in [-0.4, -0.2) is 19.2 Å².